The van der Waals surface area contributed by atoms with E-state index in [0.717, 1.165) is 48.3 Å². The van der Waals surface area contributed by atoms with Crippen LogP contribution in [-0.4, -0.2) is 44.9 Å². The van der Waals surface area contributed by atoms with Crippen molar-refractivity contribution in [2.45, 2.75) is 77.4 Å². The fourth-order valence-electron chi connectivity index (χ4n) is 5.18. The Morgan fingerprint density at radius 2 is 1.90 bits per heavy atom. The quantitative estimate of drug-likeness (QED) is 0.356. The molecule has 0 bridgehead atoms. The van der Waals surface area contributed by atoms with Crippen LogP contribution in [0.1, 0.15) is 63.0 Å². The van der Waals surface area contributed by atoms with Gasteiger partial charge in [0.15, 0.2) is 6.23 Å². The second-order valence-electron chi connectivity index (χ2n) is 11.3. The van der Waals surface area contributed by atoms with Gasteiger partial charge in [-0.2, -0.15) is 5.10 Å². The molecule has 0 spiro atoms. The molecule has 40 heavy (non-hydrogen) atoms. The highest BCUT2D eigenvalue weighted by Crippen LogP contribution is 2.32. The predicted molar refractivity (Wildman–Crippen MR) is 154 cm³/mol. The number of benzene rings is 2. The molecule has 1 saturated heterocycles. The average Bonchev–Trinajstić information content (AvgIpc) is 3.56. The summed E-state index contributed by atoms with van der Waals surface area (Å²) in [6.45, 7) is 6.95. The molecule has 1 unspecified atom stereocenters. The lowest BCUT2D eigenvalue weighted by atomic mass is 10.0. The molecular formula is C30H34Cl2N4O4. The molecule has 2 aromatic carbocycles. The van der Waals surface area contributed by atoms with Gasteiger partial charge in [0.1, 0.15) is 11.6 Å². The number of alkyl carbamates (subject to hydrolysis) is 1. The number of aromatic nitrogens is 2. The fourth-order valence-corrected chi connectivity index (χ4v) is 5.66. The van der Waals surface area contributed by atoms with Crippen molar-refractivity contribution in [1.82, 2.24) is 20.0 Å². The van der Waals surface area contributed by atoms with Gasteiger partial charge >= 0.3 is 6.09 Å². The molecule has 8 nitrogen and oxygen atoms in total. The monoisotopic (exact) mass is 584 g/mol. The molecule has 2 atom stereocenters. The largest absolute Gasteiger partial charge is 0.444 e. The molecule has 10 heteroatoms. The zero-order chi connectivity index (χ0) is 28.4. The van der Waals surface area contributed by atoms with Gasteiger partial charge in [-0.25, -0.2) is 9.48 Å². The molecule has 5 rings (SSSR count). The van der Waals surface area contributed by atoms with Gasteiger partial charge in [-0.15, -0.1) is 0 Å². The van der Waals surface area contributed by atoms with E-state index in [9.17, 15) is 9.59 Å². The van der Waals surface area contributed by atoms with Crippen LogP contribution in [0.2, 0.25) is 10.0 Å². The Morgan fingerprint density at radius 3 is 2.62 bits per heavy atom. The lowest BCUT2D eigenvalue weighted by Crippen LogP contribution is -2.49. The molecule has 0 saturated carbocycles. The van der Waals surface area contributed by atoms with E-state index in [1.165, 1.54) is 0 Å². The van der Waals surface area contributed by atoms with E-state index in [1.807, 2.05) is 10.7 Å². The summed E-state index contributed by atoms with van der Waals surface area (Å²) in [6.07, 6.45) is 4.40. The van der Waals surface area contributed by atoms with Gasteiger partial charge in [-0.3, -0.25) is 4.79 Å². The zero-order valence-electron chi connectivity index (χ0n) is 23.0. The zero-order valence-corrected chi connectivity index (χ0v) is 24.5. The summed E-state index contributed by atoms with van der Waals surface area (Å²) in [5.41, 5.74) is 4.14. The molecule has 0 aliphatic carbocycles. The molecule has 1 N–H and O–H groups in total. The Hall–Kier alpha value is -3.07. The Morgan fingerprint density at radius 1 is 1.10 bits per heavy atom. The van der Waals surface area contributed by atoms with E-state index in [1.54, 1.807) is 50.1 Å². The molecule has 3 aromatic rings. The molecule has 0 radical (unpaired) electrons. The third-order valence-corrected chi connectivity index (χ3v) is 7.65. The first-order chi connectivity index (χ1) is 19.1. The summed E-state index contributed by atoms with van der Waals surface area (Å²) in [7, 11) is 0. The van der Waals surface area contributed by atoms with Gasteiger partial charge in [0, 0.05) is 47.9 Å². The predicted octanol–water partition coefficient (Wildman–Crippen LogP) is 6.53. The second kappa shape index (κ2) is 11.8. The topological polar surface area (TPSA) is 85.7 Å². The number of halogens is 2. The molecule has 212 valence electrons. The number of fused-ring (bicyclic) bond motifs is 1. The molecule has 2 amide bonds. The normalized spacial score (nSPS) is 17.8. The van der Waals surface area contributed by atoms with E-state index in [4.69, 9.17) is 32.7 Å². The molecular weight excluding hydrogens is 551 g/mol. The van der Waals surface area contributed by atoms with Crippen molar-refractivity contribution in [3.63, 3.8) is 0 Å². The van der Waals surface area contributed by atoms with Gasteiger partial charge in [0.25, 0.3) is 0 Å². The van der Waals surface area contributed by atoms with E-state index in [2.05, 4.69) is 28.6 Å². The maximum absolute atomic E-state index is 13.8. The minimum Gasteiger partial charge on any atom is -0.444 e. The average molecular weight is 586 g/mol. The third-order valence-electron chi connectivity index (χ3n) is 7.06. The Labute approximate surface area is 244 Å². The number of rotatable bonds is 6. The molecule has 2 aliphatic heterocycles. The van der Waals surface area contributed by atoms with Crippen LogP contribution in [0.5, 0.6) is 0 Å². The van der Waals surface area contributed by atoms with E-state index < -0.39 is 17.7 Å². The minimum absolute atomic E-state index is 0.0653. The summed E-state index contributed by atoms with van der Waals surface area (Å²) in [4.78, 5) is 28.3. The summed E-state index contributed by atoms with van der Waals surface area (Å²) in [5, 5.41) is 8.25. The lowest BCUT2D eigenvalue weighted by Gasteiger charge is -2.26. The molecule has 2 aliphatic rings. The number of carbonyl (C=O) groups is 2. The summed E-state index contributed by atoms with van der Waals surface area (Å²) < 4.78 is 13.4. The van der Waals surface area contributed by atoms with Crippen LogP contribution in [-0.2, 0) is 33.8 Å². The Kier molecular flexibility index (Phi) is 8.40. The van der Waals surface area contributed by atoms with Gasteiger partial charge in [-0.05, 0) is 81.0 Å². The smallest absolute Gasteiger partial charge is 0.408 e. The first-order valence-electron chi connectivity index (χ1n) is 13.6. The third kappa shape index (κ3) is 6.62. The van der Waals surface area contributed by atoms with Gasteiger partial charge < -0.3 is 19.7 Å². The van der Waals surface area contributed by atoms with Gasteiger partial charge in [-0.1, -0.05) is 41.4 Å². The van der Waals surface area contributed by atoms with Crippen molar-refractivity contribution in [2.75, 3.05) is 6.61 Å². The first kappa shape index (κ1) is 28.5. The minimum atomic E-state index is -0.868. The number of ether oxygens (including phenoxy) is 2. The van der Waals surface area contributed by atoms with Crippen LogP contribution < -0.4 is 5.32 Å². The molecule has 1 fully saturated rings. The molecule has 3 heterocycles. The Bertz CT molecular complexity index is 1390. The summed E-state index contributed by atoms with van der Waals surface area (Å²) in [5.74, 6) is -0.213. The lowest BCUT2D eigenvalue weighted by molar-refractivity contribution is -0.134. The van der Waals surface area contributed by atoms with E-state index in [-0.39, 0.29) is 18.6 Å². The van der Waals surface area contributed by atoms with Crippen molar-refractivity contribution in [3.8, 4) is 11.3 Å². The fraction of sp³-hybridized carbons (Fsp3) is 0.433. The highest BCUT2D eigenvalue weighted by atomic mass is 35.5. The Balaban J connectivity index is 1.35. The summed E-state index contributed by atoms with van der Waals surface area (Å²) >= 11 is 12.5. The van der Waals surface area contributed by atoms with Crippen molar-refractivity contribution < 1.29 is 19.1 Å². The number of nitrogens with zero attached hydrogens (tertiary/aromatic N) is 3. The highest BCUT2D eigenvalue weighted by molar-refractivity contribution is 6.35. The first-order valence-corrected chi connectivity index (χ1v) is 14.3. The second-order valence-corrected chi connectivity index (χ2v) is 12.1. The van der Waals surface area contributed by atoms with Crippen molar-refractivity contribution >= 4 is 35.2 Å². The van der Waals surface area contributed by atoms with E-state index >= 15 is 0 Å². The van der Waals surface area contributed by atoms with Crippen LogP contribution in [0.15, 0.2) is 48.7 Å². The standard InChI is InChI=1S/C30H34Cl2N4O4/c1-30(2,3)40-29(38)34-25(15-19-9-10-23(31)16-24(19)32)28(37)35-17-21-8-7-20(14-22(21)18-35)26-11-12-33-36(26)27-6-4-5-13-39-27/h7-12,14,16,25,27H,4-6,13,15,17-18H2,1-3H3,(H,34,38)/t25-,27?/m1/s1. The molecule has 1 aromatic heterocycles. The van der Waals surface area contributed by atoms with Gasteiger partial charge in [0.05, 0.1) is 5.69 Å². The number of amides is 2. The number of hydrogen-bond acceptors (Lipinski definition) is 5. The van der Waals surface area contributed by atoms with Crippen molar-refractivity contribution in [2.24, 2.45) is 0 Å². The number of nitrogens with one attached hydrogen (secondary N) is 1. The maximum Gasteiger partial charge on any atom is 0.408 e. The van der Waals surface area contributed by atoms with Crippen LogP contribution in [0, 0.1) is 0 Å². The van der Waals surface area contributed by atoms with Crippen LogP contribution in [0.4, 0.5) is 4.79 Å². The van der Waals surface area contributed by atoms with Gasteiger partial charge in [0.2, 0.25) is 5.91 Å². The van der Waals surface area contributed by atoms with Crippen molar-refractivity contribution in [3.05, 3.63) is 75.4 Å². The highest BCUT2D eigenvalue weighted by Gasteiger charge is 2.32. The SMILES string of the molecule is CC(C)(C)OC(=O)N[C@H](Cc1ccc(Cl)cc1Cl)C(=O)N1Cc2ccc(-c3ccnn3C3CCCCO3)cc2C1. The number of hydrogen-bond donors (Lipinski definition) is 1. The number of carbonyl (C=O) groups excluding carboxylic acids is 2. The van der Waals surface area contributed by atoms with Crippen LogP contribution in [0.3, 0.4) is 0 Å². The van der Waals surface area contributed by atoms with Crippen LogP contribution >= 0.6 is 23.2 Å². The summed E-state index contributed by atoms with van der Waals surface area (Å²) in [6, 6.07) is 12.5. The van der Waals surface area contributed by atoms with Crippen LogP contribution in [0.25, 0.3) is 11.3 Å². The van der Waals surface area contributed by atoms with E-state index in [0.29, 0.717) is 28.7 Å². The van der Waals surface area contributed by atoms with Crippen molar-refractivity contribution in [1.29, 1.82) is 0 Å². The maximum atomic E-state index is 13.8.